The summed E-state index contributed by atoms with van der Waals surface area (Å²) in [6.07, 6.45) is 0.374. The van der Waals surface area contributed by atoms with Gasteiger partial charge in [0.15, 0.2) is 11.0 Å². The van der Waals surface area contributed by atoms with Crippen LogP contribution in [0.25, 0.3) is 5.69 Å². The molecule has 0 aliphatic heterocycles. The average molecular weight is 522 g/mol. The average Bonchev–Trinajstić information content (AvgIpc) is 3.23. The van der Waals surface area contributed by atoms with E-state index in [1.165, 1.54) is 17.3 Å². The van der Waals surface area contributed by atoms with E-state index in [9.17, 15) is 4.79 Å². The lowest BCUT2D eigenvalue weighted by Gasteiger charge is -2.11. The molecule has 6 nitrogen and oxygen atoms in total. The first-order valence-electron chi connectivity index (χ1n) is 10.6. The van der Waals surface area contributed by atoms with Crippen LogP contribution in [0.2, 0.25) is 0 Å². The minimum absolute atomic E-state index is 0.0307. The molecule has 33 heavy (non-hydrogen) atoms. The van der Waals surface area contributed by atoms with Crippen molar-refractivity contribution in [1.29, 1.82) is 0 Å². The number of halogens is 1. The molecule has 8 heteroatoms. The van der Waals surface area contributed by atoms with Gasteiger partial charge in [0.2, 0.25) is 5.91 Å². The number of carbonyl (C=O) groups excluding carboxylic acids is 1. The maximum absolute atomic E-state index is 12.3. The summed E-state index contributed by atoms with van der Waals surface area (Å²) in [5.74, 6) is 1.37. The lowest BCUT2D eigenvalue weighted by atomic mass is 10.2. The van der Waals surface area contributed by atoms with Gasteiger partial charge in [-0.1, -0.05) is 63.6 Å². The Morgan fingerprint density at radius 2 is 1.64 bits per heavy atom. The number of aryl methyl sites for hydroxylation is 1. The number of thioether (sulfide) groups is 1. The van der Waals surface area contributed by atoms with Crippen LogP contribution in [0.15, 0.2) is 88.5 Å². The topological polar surface area (TPSA) is 71.8 Å². The second-order valence-corrected chi connectivity index (χ2v) is 9.42. The monoisotopic (exact) mass is 521 g/mol. The lowest BCUT2D eigenvalue weighted by Crippen LogP contribution is -2.12. The lowest BCUT2D eigenvalue weighted by molar-refractivity contribution is -0.115. The Bertz CT molecular complexity index is 1190. The van der Waals surface area contributed by atoms with Crippen LogP contribution < -0.4 is 10.6 Å². The first-order valence-corrected chi connectivity index (χ1v) is 12.3. The van der Waals surface area contributed by atoms with E-state index < -0.39 is 0 Å². The number of rotatable bonds is 9. The first-order chi connectivity index (χ1) is 16.1. The molecule has 1 amide bonds. The number of carbonyl (C=O) groups is 1. The molecule has 168 valence electrons. The zero-order valence-electron chi connectivity index (χ0n) is 18.2. The van der Waals surface area contributed by atoms with Crippen molar-refractivity contribution >= 4 is 45.0 Å². The maximum atomic E-state index is 12.3. The van der Waals surface area contributed by atoms with Crippen molar-refractivity contribution in [2.75, 3.05) is 16.4 Å². The van der Waals surface area contributed by atoms with Crippen LogP contribution in [-0.4, -0.2) is 26.4 Å². The van der Waals surface area contributed by atoms with Gasteiger partial charge in [0, 0.05) is 33.7 Å². The molecule has 0 aliphatic rings. The molecule has 0 unspecified atom stereocenters. The van der Waals surface area contributed by atoms with Gasteiger partial charge in [-0.25, -0.2) is 0 Å². The van der Waals surface area contributed by atoms with Crippen molar-refractivity contribution in [3.05, 3.63) is 94.7 Å². The third kappa shape index (κ3) is 6.46. The van der Waals surface area contributed by atoms with E-state index in [0.29, 0.717) is 18.7 Å². The number of hydrogen-bond acceptors (Lipinski definition) is 5. The molecule has 4 rings (SSSR count). The minimum Gasteiger partial charge on any atom is -0.378 e. The summed E-state index contributed by atoms with van der Waals surface area (Å²) in [7, 11) is 0. The Morgan fingerprint density at radius 1 is 0.939 bits per heavy atom. The van der Waals surface area contributed by atoms with Crippen LogP contribution >= 0.6 is 27.7 Å². The van der Waals surface area contributed by atoms with Crippen LogP contribution in [-0.2, 0) is 11.3 Å². The Morgan fingerprint density at radius 3 is 2.36 bits per heavy atom. The number of benzene rings is 3. The smallest absolute Gasteiger partial charge is 0.225 e. The summed E-state index contributed by atoms with van der Waals surface area (Å²) in [5.41, 5.74) is 4.02. The molecular formula is C25H24BrN5OS. The highest BCUT2D eigenvalue weighted by Crippen LogP contribution is 2.24. The molecule has 1 heterocycles. The van der Waals surface area contributed by atoms with Crippen LogP contribution in [0.1, 0.15) is 17.8 Å². The van der Waals surface area contributed by atoms with Gasteiger partial charge in [0.05, 0.1) is 6.54 Å². The van der Waals surface area contributed by atoms with Crippen molar-refractivity contribution in [3.8, 4) is 5.69 Å². The fraction of sp³-hybridized carbons (Fsp3) is 0.160. The van der Waals surface area contributed by atoms with E-state index >= 15 is 0 Å². The quantitative estimate of drug-likeness (QED) is 0.261. The molecular weight excluding hydrogens is 498 g/mol. The largest absolute Gasteiger partial charge is 0.378 e. The summed E-state index contributed by atoms with van der Waals surface area (Å²) in [4.78, 5) is 12.3. The minimum atomic E-state index is -0.0307. The van der Waals surface area contributed by atoms with E-state index in [0.717, 1.165) is 32.5 Å². The Kier molecular flexibility index (Phi) is 7.80. The molecule has 0 bridgehead atoms. The van der Waals surface area contributed by atoms with Crippen LogP contribution in [0, 0.1) is 6.92 Å². The third-order valence-electron chi connectivity index (χ3n) is 4.91. The fourth-order valence-corrected chi connectivity index (χ4v) is 4.36. The molecule has 0 atom stereocenters. The number of para-hydroxylation sites is 1. The van der Waals surface area contributed by atoms with Gasteiger partial charge in [0.25, 0.3) is 0 Å². The second kappa shape index (κ2) is 11.2. The normalized spacial score (nSPS) is 10.7. The molecule has 0 saturated heterocycles. The molecule has 2 N–H and O–H groups in total. The number of aromatic nitrogens is 3. The highest BCUT2D eigenvalue weighted by molar-refractivity contribution is 9.10. The zero-order valence-corrected chi connectivity index (χ0v) is 20.6. The summed E-state index contributed by atoms with van der Waals surface area (Å²) < 4.78 is 3.02. The highest BCUT2D eigenvalue weighted by atomic mass is 79.9. The van der Waals surface area contributed by atoms with Crippen molar-refractivity contribution in [2.24, 2.45) is 0 Å². The van der Waals surface area contributed by atoms with Crippen LogP contribution in [0.4, 0.5) is 11.4 Å². The standard InChI is InChI=1S/C25H24BrN5OS/c1-18-7-11-20(12-8-18)27-17-23-29-30-25(31(23)22-5-3-2-4-6-22)33-16-15-24(32)28-21-13-9-19(26)10-14-21/h2-14,27H,15-17H2,1H3,(H,28,32). The van der Waals surface area contributed by atoms with Crippen molar-refractivity contribution in [1.82, 2.24) is 14.8 Å². The third-order valence-corrected chi connectivity index (χ3v) is 6.36. The van der Waals surface area contributed by atoms with E-state index in [1.807, 2.05) is 59.2 Å². The Balaban J connectivity index is 1.42. The first kappa shape index (κ1) is 23.1. The van der Waals surface area contributed by atoms with Crippen molar-refractivity contribution < 1.29 is 4.79 Å². The Labute approximate surface area is 206 Å². The molecule has 0 spiro atoms. The maximum Gasteiger partial charge on any atom is 0.225 e. The zero-order chi connectivity index (χ0) is 23.0. The van der Waals surface area contributed by atoms with Crippen LogP contribution in [0.3, 0.4) is 0 Å². The van der Waals surface area contributed by atoms with Gasteiger partial charge in [-0.3, -0.25) is 9.36 Å². The summed E-state index contributed by atoms with van der Waals surface area (Å²) in [5, 5.41) is 15.9. The predicted molar refractivity (Wildman–Crippen MR) is 138 cm³/mol. The van der Waals surface area contributed by atoms with Crippen LogP contribution in [0.5, 0.6) is 0 Å². The van der Waals surface area contributed by atoms with Gasteiger partial charge in [-0.05, 0) is 55.5 Å². The molecule has 0 aliphatic carbocycles. The van der Waals surface area contributed by atoms with Gasteiger partial charge in [-0.15, -0.1) is 10.2 Å². The van der Waals surface area contributed by atoms with Gasteiger partial charge < -0.3 is 10.6 Å². The van der Waals surface area contributed by atoms with E-state index in [2.05, 4.69) is 68.0 Å². The molecule has 0 radical (unpaired) electrons. The number of amides is 1. The van der Waals surface area contributed by atoms with Gasteiger partial charge >= 0.3 is 0 Å². The summed E-state index contributed by atoms with van der Waals surface area (Å²) in [6, 6.07) is 25.8. The number of nitrogens with zero attached hydrogens (tertiary/aromatic N) is 3. The molecule has 1 aromatic heterocycles. The summed E-state index contributed by atoms with van der Waals surface area (Å²) >= 11 is 4.92. The van der Waals surface area contributed by atoms with E-state index in [1.54, 1.807) is 0 Å². The van der Waals surface area contributed by atoms with Crippen molar-refractivity contribution in [3.63, 3.8) is 0 Å². The molecule has 0 saturated carbocycles. The fourth-order valence-electron chi connectivity index (χ4n) is 3.19. The molecule has 4 aromatic rings. The number of hydrogen-bond donors (Lipinski definition) is 2. The number of anilines is 2. The highest BCUT2D eigenvalue weighted by Gasteiger charge is 2.15. The number of nitrogens with one attached hydrogen (secondary N) is 2. The van der Waals surface area contributed by atoms with Gasteiger partial charge in [-0.2, -0.15) is 0 Å². The molecule has 0 fully saturated rings. The van der Waals surface area contributed by atoms with E-state index in [4.69, 9.17) is 0 Å². The van der Waals surface area contributed by atoms with Crippen molar-refractivity contribution in [2.45, 2.75) is 25.0 Å². The SMILES string of the molecule is Cc1ccc(NCc2nnc(SCCC(=O)Nc3ccc(Br)cc3)n2-c2ccccc2)cc1. The predicted octanol–water partition coefficient (Wildman–Crippen LogP) is 6.07. The van der Waals surface area contributed by atoms with E-state index in [-0.39, 0.29) is 5.91 Å². The Hall–Kier alpha value is -3.10. The summed E-state index contributed by atoms with van der Waals surface area (Å²) in [6.45, 7) is 2.61. The second-order valence-electron chi connectivity index (χ2n) is 7.44. The molecule has 3 aromatic carbocycles. The van der Waals surface area contributed by atoms with Gasteiger partial charge in [0.1, 0.15) is 0 Å².